The number of hydrogen-bond donors (Lipinski definition) is 0. The van der Waals surface area contributed by atoms with Crippen LogP contribution in [0.4, 0.5) is 0 Å². The normalized spacial score (nSPS) is 15.7. The monoisotopic (exact) mass is 452 g/mol. The van der Waals surface area contributed by atoms with E-state index < -0.39 is 0 Å². The Hall–Kier alpha value is -0.170. The molecule has 0 aromatic carbocycles. The number of rotatable bonds is 0. The Balaban J connectivity index is -0.000000270. The molecule has 0 aromatic heterocycles. The summed E-state index contributed by atoms with van der Waals surface area (Å²) in [7, 11) is 0. The molecule has 2 aliphatic rings. The fourth-order valence-electron chi connectivity index (χ4n) is 1.84. The molecule has 2 aliphatic carbocycles. The predicted molar refractivity (Wildman–Crippen MR) is 92.8 cm³/mol. The Morgan fingerprint density at radius 2 is 1.00 bits per heavy atom. The van der Waals surface area contributed by atoms with Gasteiger partial charge in [0.05, 0.1) is 0 Å². The van der Waals surface area contributed by atoms with Crippen molar-refractivity contribution in [2.45, 2.75) is 54.4 Å². The van der Waals surface area contributed by atoms with Crippen molar-refractivity contribution in [1.29, 1.82) is 0 Å². The van der Waals surface area contributed by atoms with E-state index in [1.807, 2.05) is 0 Å². The van der Waals surface area contributed by atoms with Crippen LogP contribution in [0.2, 0.25) is 0 Å². The molecule has 0 nitrogen and oxygen atoms in total. The van der Waals surface area contributed by atoms with Gasteiger partial charge in [0.2, 0.25) is 0 Å². The molecule has 1 heteroatoms. The summed E-state index contributed by atoms with van der Waals surface area (Å²) in [6, 6.07) is 0. The van der Waals surface area contributed by atoms with Crippen LogP contribution in [-0.4, -0.2) is 0 Å². The zero-order chi connectivity index (χ0) is 13.8. The molecular weight excluding hydrogens is 419 g/mol. The van der Waals surface area contributed by atoms with Crippen molar-refractivity contribution in [1.82, 2.24) is 0 Å². The number of allylic oxidation sites excluding steroid dienone is 8. The maximum atomic E-state index is 3.30. The topological polar surface area (TPSA) is 0 Å². The second-order valence-corrected chi connectivity index (χ2v) is 6.89. The third-order valence-corrected chi connectivity index (χ3v) is 3.01. The van der Waals surface area contributed by atoms with Gasteiger partial charge in [0.25, 0.3) is 0 Å². The molecule has 0 saturated carbocycles. The zero-order valence-electron chi connectivity index (χ0n) is 15.2. The minimum atomic E-state index is 0. The molecule has 116 valence electrons. The molecule has 0 amide bonds. The van der Waals surface area contributed by atoms with Gasteiger partial charge in [0, 0.05) is 0 Å². The summed E-state index contributed by atoms with van der Waals surface area (Å²) in [6.45, 7) is 13.3. The largest absolute Gasteiger partial charge is 4.00 e. The summed E-state index contributed by atoms with van der Waals surface area (Å²) in [6.07, 6.45) is 17.3. The van der Waals surface area contributed by atoms with Gasteiger partial charge in [-0.3, -0.25) is 12.2 Å². The average Bonchev–Trinajstić information content (AvgIpc) is 2.91. The van der Waals surface area contributed by atoms with Crippen molar-refractivity contribution in [2.75, 3.05) is 0 Å². The van der Waals surface area contributed by atoms with Crippen molar-refractivity contribution in [3.05, 3.63) is 62.5 Å². The molecule has 0 bridgehead atoms. The quantitative estimate of drug-likeness (QED) is 0.298. The fourth-order valence-corrected chi connectivity index (χ4v) is 1.84. The van der Waals surface area contributed by atoms with Crippen LogP contribution in [-0.2, 0) is 25.8 Å². The van der Waals surface area contributed by atoms with Crippen molar-refractivity contribution < 1.29 is 25.8 Å². The van der Waals surface area contributed by atoms with Crippen LogP contribution in [0.3, 0.4) is 0 Å². The van der Waals surface area contributed by atoms with E-state index >= 15 is 0 Å². The van der Waals surface area contributed by atoms with Gasteiger partial charge in [-0.15, -0.1) is 12.8 Å². The van der Waals surface area contributed by atoms with Gasteiger partial charge in [0.15, 0.2) is 0 Å². The van der Waals surface area contributed by atoms with Gasteiger partial charge >= 0.3 is 25.8 Å². The minimum Gasteiger partial charge on any atom is -0.358 e. The summed E-state index contributed by atoms with van der Waals surface area (Å²) >= 11 is 0. The molecule has 0 spiro atoms. The molecule has 0 heterocycles. The Morgan fingerprint density at radius 1 is 0.714 bits per heavy atom. The number of hydrogen-bond acceptors (Lipinski definition) is 0. The predicted octanol–water partition coefficient (Wildman–Crippen LogP) is 6.34. The SMILES string of the molecule is CC(C)(C)C1=[C-]CC=C1.CC(C)(C)C1=[C-]CC=C1.[CH3-].[CH3-].[Hf+4]. The molecule has 0 saturated heterocycles. The Bertz CT molecular complexity index is 353. The Labute approximate surface area is 153 Å². The van der Waals surface area contributed by atoms with E-state index in [-0.39, 0.29) is 40.7 Å². The molecule has 2 rings (SSSR count). The molecule has 0 N–H and O–H groups in total. The van der Waals surface area contributed by atoms with Crippen LogP contribution >= 0.6 is 0 Å². The van der Waals surface area contributed by atoms with Crippen molar-refractivity contribution >= 4 is 0 Å². The van der Waals surface area contributed by atoms with E-state index in [2.05, 4.69) is 78.0 Å². The van der Waals surface area contributed by atoms with Gasteiger partial charge < -0.3 is 14.9 Å². The van der Waals surface area contributed by atoms with Crippen molar-refractivity contribution in [3.63, 3.8) is 0 Å². The first-order valence-corrected chi connectivity index (χ1v) is 6.77. The summed E-state index contributed by atoms with van der Waals surface area (Å²) in [5.74, 6) is 0. The Morgan fingerprint density at radius 3 is 1.10 bits per heavy atom. The van der Waals surface area contributed by atoms with Gasteiger partial charge in [-0.05, 0) is 10.8 Å². The molecule has 0 fully saturated rings. The van der Waals surface area contributed by atoms with Crippen LogP contribution in [0.25, 0.3) is 0 Å². The van der Waals surface area contributed by atoms with Crippen LogP contribution in [0.15, 0.2) is 35.5 Å². The van der Waals surface area contributed by atoms with E-state index in [4.69, 9.17) is 0 Å². The maximum absolute atomic E-state index is 3.30. The van der Waals surface area contributed by atoms with E-state index in [1.165, 1.54) is 11.1 Å². The zero-order valence-corrected chi connectivity index (χ0v) is 18.8. The third kappa shape index (κ3) is 9.45. The molecule has 0 unspecified atom stereocenters. The fraction of sp³-hybridized carbons (Fsp3) is 0.500. The van der Waals surface area contributed by atoms with Gasteiger partial charge in [-0.2, -0.15) is 12.2 Å². The molecular formula is C20H32Hf. The molecule has 0 atom stereocenters. The maximum Gasteiger partial charge on any atom is 4.00 e. The van der Waals surface area contributed by atoms with Crippen molar-refractivity contribution in [3.8, 4) is 0 Å². The van der Waals surface area contributed by atoms with Crippen LogP contribution in [0.1, 0.15) is 54.4 Å². The van der Waals surface area contributed by atoms with E-state index in [1.54, 1.807) is 0 Å². The van der Waals surface area contributed by atoms with Crippen LogP contribution < -0.4 is 0 Å². The first-order valence-electron chi connectivity index (χ1n) is 6.77. The standard InChI is InChI=1S/2C9H13.2CH3.Hf/c2*1-9(2,3)8-6-4-5-7-8;;;/h2*4,6H,5H2,1-3H3;2*1H3;/q4*-1;+4. The Kier molecular flexibility index (Phi) is 12.9. The van der Waals surface area contributed by atoms with Gasteiger partial charge in [-0.25, -0.2) is 23.3 Å². The van der Waals surface area contributed by atoms with E-state index in [9.17, 15) is 0 Å². The third-order valence-electron chi connectivity index (χ3n) is 3.01. The van der Waals surface area contributed by atoms with Crippen LogP contribution in [0.5, 0.6) is 0 Å². The second-order valence-electron chi connectivity index (χ2n) is 6.89. The summed E-state index contributed by atoms with van der Waals surface area (Å²) in [4.78, 5) is 0. The smallest absolute Gasteiger partial charge is 0.358 e. The summed E-state index contributed by atoms with van der Waals surface area (Å²) in [5.41, 5.74) is 3.30. The first kappa shape index (κ1) is 25.8. The minimum absolute atomic E-state index is 0. The molecule has 0 aromatic rings. The van der Waals surface area contributed by atoms with Crippen molar-refractivity contribution in [2.24, 2.45) is 10.8 Å². The summed E-state index contributed by atoms with van der Waals surface area (Å²) in [5, 5.41) is 0. The second kappa shape index (κ2) is 10.5. The first-order chi connectivity index (χ1) is 8.21. The van der Waals surface area contributed by atoms with Crippen LogP contribution in [0, 0.1) is 37.8 Å². The van der Waals surface area contributed by atoms with Gasteiger partial charge in [0.1, 0.15) is 0 Å². The summed E-state index contributed by atoms with van der Waals surface area (Å²) < 4.78 is 0. The van der Waals surface area contributed by atoms with Gasteiger partial charge in [-0.1, -0.05) is 41.5 Å². The molecule has 0 radical (unpaired) electrons. The van der Waals surface area contributed by atoms with E-state index in [0.717, 1.165) is 12.8 Å². The molecule has 0 aliphatic heterocycles. The van der Waals surface area contributed by atoms with E-state index in [0.29, 0.717) is 10.8 Å². The molecule has 21 heavy (non-hydrogen) atoms. The average molecular weight is 451 g/mol.